The van der Waals surface area contributed by atoms with Gasteiger partial charge >= 0.3 is 0 Å². The van der Waals surface area contributed by atoms with E-state index in [9.17, 15) is 0 Å². The summed E-state index contributed by atoms with van der Waals surface area (Å²) in [4.78, 5) is 2.60. The lowest BCUT2D eigenvalue weighted by atomic mass is 10.2. The quantitative estimate of drug-likeness (QED) is 0.429. The Hall–Kier alpha value is -0.340. The van der Waals surface area contributed by atoms with E-state index in [2.05, 4.69) is 23.7 Å². The van der Waals surface area contributed by atoms with Gasteiger partial charge in [-0.2, -0.15) is 0 Å². The number of unbranched alkanes of at least 4 members (excludes halogenated alkanes) is 3. The Morgan fingerprint density at radius 2 is 2.06 bits per heavy atom. The molecule has 0 aliphatic heterocycles. The summed E-state index contributed by atoms with van der Waals surface area (Å²) >= 11 is 0. The predicted molar refractivity (Wildman–Crippen MR) is 71.8 cm³/mol. The van der Waals surface area contributed by atoms with Crippen LogP contribution in [0.2, 0.25) is 0 Å². The van der Waals surface area contributed by atoms with Crippen molar-refractivity contribution in [3.63, 3.8) is 0 Å². The third kappa shape index (κ3) is 6.29. The average Bonchev–Trinajstić information content (AvgIpc) is 3.11. The third-order valence-corrected chi connectivity index (χ3v) is 3.31. The summed E-state index contributed by atoms with van der Waals surface area (Å²) < 4.78 is 0. The number of rotatable bonds is 11. The van der Waals surface area contributed by atoms with Crippen LogP contribution in [0.3, 0.4) is 0 Å². The molecular weight excluding hydrogens is 196 g/mol. The molecule has 0 bridgehead atoms. The smallest absolute Gasteiger partial charge is 0.0110 e. The van der Waals surface area contributed by atoms with Crippen molar-refractivity contribution < 1.29 is 0 Å². The molecule has 1 aliphatic rings. The highest BCUT2D eigenvalue weighted by atomic mass is 15.2. The van der Waals surface area contributed by atoms with Crippen molar-refractivity contribution in [2.75, 3.05) is 26.2 Å². The number of likely N-dealkylation sites (N-methyl/N-ethyl adjacent to an activating group) is 1. The van der Waals surface area contributed by atoms with Crippen LogP contribution in [0.1, 0.15) is 45.4 Å². The predicted octanol–water partition coefficient (Wildman–Crippen LogP) is 2.81. The first-order valence-corrected chi connectivity index (χ1v) is 6.94. The van der Waals surface area contributed by atoms with E-state index in [1.54, 1.807) is 0 Å². The number of hydrogen-bond donors (Lipinski definition) is 1. The van der Waals surface area contributed by atoms with Gasteiger partial charge in [-0.05, 0) is 45.2 Å². The molecule has 0 spiro atoms. The minimum atomic E-state index is 0.916. The first-order chi connectivity index (χ1) is 7.88. The average molecular weight is 224 g/mol. The van der Waals surface area contributed by atoms with Crippen molar-refractivity contribution in [3.05, 3.63) is 12.7 Å². The second kappa shape index (κ2) is 8.77. The van der Waals surface area contributed by atoms with Gasteiger partial charge in [-0.25, -0.2) is 0 Å². The fourth-order valence-corrected chi connectivity index (χ4v) is 2.10. The van der Waals surface area contributed by atoms with Crippen molar-refractivity contribution >= 4 is 0 Å². The molecule has 0 aromatic heterocycles. The Morgan fingerprint density at radius 3 is 2.69 bits per heavy atom. The molecule has 1 fully saturated rings. The van der Waals surface area contributed by atoms with E-state index in [1.165, 1.54) is 58.2 Å². The van der Waals surface area contributed by atoms with Gasteiger partial charge in [-0.3, -0.25) is 4.90 Å². The highest BCUT2D eigenvalue weighted by Crippen LogP contribution is 2.25. The van der Waals surface area contributed by atoms with Crippen molar-refractivity contribution in [2.45, 2.75) is 51.5 Å². The molecule has 0 unspecified atom stereocenters. The fourth-order valence-electron chi connectivity index (χ4n) is 2.10. The SMILES string of the molecule is C=CCCCCCNCCN(CC)C1CC1. The Kier molecular flexibility index (Phi) is 7.52. The molecule has 0 radical (unpaired) electrons. The van der Waals surface area contributed by atoms with Crippen LogP contribution >= 0.6 is 0 Å². The van der Waals surface area contributed by atoms with E-state index in [4.69, 9.17) is 0 Å². The number of nitrogens with zero attached hydrogens (tertiary/aromatic N) is 1. The first kappa shape index (κ1) is 13.7. The molecule has 1 N–H and O–H groups in total. The maximum absolute atomic E-state index is 3.74. The summed E-state index contributed by atoms with van der Waals surface area (Å²) in [5.74, 6) is 0. The maximum atomic E-state index is 3.74. The number of hydrogen-bond acceptors (Lipinski definition) is 2. The summed E-state index contributed by atoms with van der Waals surface area (Å²) in [5.41, 5.74) is 0. The summed E-state index contributed by atoms with van der Waals surface area (Å²) in [6, 6.07) is 0.916. The lowest BCUT2D eigenvalue weighted by molar-refractivity contribution is 0.277. The van der Waals surface area contributed by atoms with Gasteiger partial charge in [0, 0.05) is 19.1 Å². The van der Waals surface area contributed by atoms with E-state index < -0.39 is 0 Å². The molecule has 0 heterocycles. The Balaban J connectivity index is 1.81. The van der Waals surface area contributed by atoms with Crippen LogP contribution in [-0.2, 0) is 0 Å². The molecule has 1 rings (SSSR count). The van der Waals surface area contributed by atoms with E-state index in [-0.39, 0.29) is 0 Å². The van der Waals surface area contributed by atoms with Gasteiger partial charge in [0.15, 0.2) is 0 Å². The minimum absolute atomic E-state index is 0.916. The van der Waals surface area contributed by atoms with E-state index in [0.717, 1.165) is 12.6 Å². The Morgan fingerprint density at radius 1 is 1.25 bits per heavy atom. The number of allylic oxidation sites excluding steroid dienone is 1. The lowest BCUT2D eigenvalue weighted by Gasteiger charge is -2.19. The molecular formula is C14H28N2. The van der Waals surface area contributed by atoms with Crippen LogP contribution in [0.5, 0.6) is 0 Å². The molecule has 0 aromatic rings. The van der Waals surface area contributed by atoms with Crippen LogP contribution in [0.15, 0.2) is 12.7 Å². The second-order valence-electron chi connectivity index (χ2n) is 4.75. The maximum Gasteiger partial charge on any atom is 0.0110 e. The molecule has 94 valence electrons. The van der Waals surface area contributed by atoms with E-state index >= 15 is 0 Å². The van der Waals surface area contributed by atoms with Gasteiger partial charge in [0.2, 0.25) is 0 Å². The fraction of sp³-hybridized carbons (Fsp3) is 0.857. The summed E-state index contributed by atoms with van der Waals surface area (Å²) in [6.45, 7) is 10.8. The molecule has 0 saturated heterocycles. The van der Waals surface area contributed by atoms with Crippen LogP contribution in [-0.4, -0.2) is 37.1 Å². The van der Waals surface area contributed by atoms with Crippen molar-refractivity contribution in [1.29, 1.82) is 0 Å². The molecule has 16 heavy (non-hydrogen) atoms. The monoisotopic (exact) mass is 224 g/mol. The highest BCUT2D eigenvalue weighted by Gasteiger charge is 2.26. The molecule has 0 amide bonds. The van der Waals surface area contributed by atoms with Gasteiger partial charge < -0.3 is 5.32 Å². The van der Waals surface area contributed by atoms with Gasteiger partial charge in [0.1, 0.15) is 0 Å². The summed E-state index contributed by atoms with van der Waals surface area (Å²) in [5, 5.41) is 3.54. The summed E-state index contributed by atoms with van der Waals surface area (Å²) in [6.07, 6.45) is 9.98. The second-order valence-corrected chi connectivity index (χ2v) is 4.75. The lowest BCUT2D eigenvalue weighted by Crippen LogP contribution is -2.33. The van der Waals surface area contributed by atoms with Crippen molar-refractivity contribution in [1.82, 2.24) is 10.2 Å². The normalized spacial score (nSPS) is 15.6. The van der Waals surface area contributed by atoms with Gasteiger partial charge in [0.05, 0.1) is 0 Å². The number of nitrogens with one attached hydrogen (secondary N) is 1. The van der Waals surface area contributed by atoms with Crippen LogP contribution in [0, 0.1) is 0 Å². The third-order valence-electron chi connectivity index (χ3n) is 3.31. The highest BCUT2D eigenvalue weighted by molar-refractivity contribution is 4.83. The largest absolute Gasteiger partial charge is 0.315 e. The molecule has 0 aromatic carbocycles. The molecule has 2 nitrogen and oxygen atoms in total. The summed E-state index contributed by atoms with van der Waals surface area (Å²) in [7, 11) is 0. The van der Waals surface area contributed by atoms with Gasteiger partial charge in [-0.1, -0.05) is 19.4 Å². The van der Waals surface area contributed by atoms with Crippen LogP contribution in [0.4, 0.5) is 0 Å². The Labute approximate surface area is 101 Å². The topological polar surface area (TPSA) is 15.3 Å². The molecule has 2 heteroatoms. The molecule has 1 aliphatic carbocycles. The first-order valence-electron chi connectivity index (χ1n) is 6.94. The standard InChI is InChI=1S/C14H28N2/c1-3-5-6-7-8-11-15-12-13-16(4-2)14-9-10-14/h3,14-15H,1,4-13H2,2H3. The zero-order chi connectivity index (χ0) is 11.6. The molecule has 0 atom stereocenters. The Bertz CT molecular complexity index is 176. The van der Waals surface area contributed by atoms with E-state index in [0.29, 0.717) is 0 Å². The van der Waals surface area contributed by atoms with Crippen LogP contribution in [0.25, 0.3) is 0 Å². The molecule has 1 saturated carbocycles. The van der Waals surface area contributed by atoms with Crippen molar-refractivity contribution in [2.24, 2.45) is 0 Å². The minimum Gasteiger partial charge on any atom is -0.315 e. The van der Waals surface area contributed by atoms with Gasteiger partial charge in [0.25, 0.3) is 0 Å². The van der Waals surface area contributed by atoms with Crippen molar-refractivity contribution in [3.8, 4) is 0 Å². The zero-order valence-electron chi connectivity index (χ0n) is 10.9. The van der Waals surface area contributed by atoms with Crippen LogP contribution < -0.4 is 5.32 Å². The van der Waals surface area contributed by atoms with E-state index in [1.807, 2.05) is 6.08 Å². The zero-order valence-corrected chi connectivity index (χ0v) is 10.9. The van der Waals surface area contributed by atoms with Gasteiger partial charge in [-0.15, -0.1) is 6.58 Å².